The average Bonchev–Trinajstić information content (AvgIpc) is 2.54. The Labute approximate surface area is 121 Å². The number of halogens is 10. The van der Waals surface area contributed by atoms with E-state index in [1.54, 1.807) is 0 Å². The van der Waals surface area contributed by atoms with E-state index in [4.69, 9.17) is 0 Å². The van der Waals surface area contributed by atoms with E-state index in [0.29, 0.717) is 0 Å². The van der Waals surface area contributed by atoms with Crippen molar-refractivity contribution in [2.75, 3.05) is 0 Å². The second-order valence-corrected chi connectivity index (χ2v) is 4.11. The maximum absolute atomic E-state index is 13.4. The van der Waals surface area contributed by atoms with Crippen LogP contribution in [0.15, 0.2) is 0 Å². The maximum Gasteiger partial charge on any atom is 0.207 e. The highest BCUT2D eigenvalue weighted by atomic mass is 19.2. The van der Waals surface area contributed by atoms with Gasteiger partial charge in [0.15, 0.2) is 58.2 Å². The molecule has 1 radical (unpaired) electrons. The molecule has 0 aliphatic carbocycles. The van der Waals surface area contributed by atoms with E-state index in [-0.39, 0.29) is 7.28 Å². The van der Waals surface area contributed by atoms with E-state index in [2.05, 4.69) is 0 Å². The molecule has 23 heavy (non-hydrogen) atoms. The third-order valence-corrected chi connectivity index (χ3v) is 2.78. The van der Waals surface area contributed by atoms with Crippen LogP contribution < -0.4 is 10.9 Å². The molecule has 0 atom stereocenters. The normalized spacial score (nSPS) is 11.0. The largest absolute Gasteiger partial charge is 0.207 e. The van der Waals surface area contributed by atoms with Gasteiger partial charge in [-0.1, -0.05) is 0 Å². The van der Waals surface area contributed by atoms with Crippen LogP contribution >= 0.6 is 0 Å². The third-order valence-electron chi connectivity index (χ3n) is 2.78. The quantitative estimate of drug-likeness (QED) is 0.340. The molecular weight excluding hydrogens is 345 g/mol. The van der Waals surface area contributed by atoms with Gasteiger partial charge < -0.3 is 0 Å². The highest BCUT2D eigenvalue weighted by molar-refractivity contribution is 6.67. The lowest BCUT2D eigenvalue weighted by Gasteiger charge is -2.10. The monoisotopic (exact) mass is 345 g/mol. The van der Waals surface area contributed by atoms with Crippen LogP contribution in [0.25, 0.3) is 0 Å². The molecule has 0 N–H and O–H groups in total. The molecule has 0 nitrogen and oxygen atoms in total. The van der Waals surface area contributed by atoms with E-state index in [1.807, 2.05) is 0 Å². The lowest BCUT2D eigenvalue weighted by atomic mass is 9.62. The lowest BCUT2D eigenvalue weighted by molar-refractivity contribution is 0.382. The van der Waals surface area contributed by atoms with E-state index >= 15 is 0 Å². The molecule has 0 heterocycles. The first-order valence-corrected chi connectivity index (χ1v) is 5.47. The van der Waals surface area contributed by atoms with Gasteiger partial charge in [0.2, 0.25) is 7.28 Å². The van der Waals surface area contributed by atoms with E-state index in [0.717, 1.165) is 0 Å². The summed E-state index contributed by atoms with van der Waals surface area (Å²) in [7, 11) is -0.369. The Morgan fingerprint density at radius 1 is 0.304 bits per heavy atom. The van der Waals surface area contributed by atoms with Gasteiger partial charge in [-0.25, -0.2) is 43.9 Å². The van der Waals surface area contributed by atoms with Crippen LogP contribution in [0.2, 0.25) is 0 Å². The molecule has 0 fully saturated rings. The highest BCUT2D eigenvalue weighted by Crippen LogP contribution is 2.18. The van der Waals surface area contributed by atoms with Crippen LogP contribution in [0.4, 0.5) is 43.9 Å². The van der Waals surface area contributed by atoms with Crippen LogP contribution in [0.5, 0.6) is 0 Å². The van der Waals surface area contributed by atoms with E-state index in [9.17, 15) is 43.9 Å². The van der Waals surface area contributed by atoms with Crippen molar-refractivity contribution < 1.29 is 43.9 Å². The smallest absolute Gasteiger partial charge is 0.204 e. The predicted octanol–water partition coefficient (Wildman–Crippen LogP) is 2.73. The number of hydrogen-bond acceptors (Lipinski definition) is 0. The highest BCUT2D eigenvalue weighted by Gasteiger charge is 2.31. The van der Waals surface area contributed by atoms with Gasteiger partial charge in [0.25, 0.3) is 0 Å². The molecule has 0 aliphatic rings. The molecule has 121 valence electrons. The minimum atomic E-state index is -2.55. The van der Waals surface area contributed by atoms with Crippen LogP contribution in [0.3, 0.4) is 0 Å². The molecule has 2 rings (SSSR count). The summed E-state index contributed by atoms with van der Waals surface area (Å²) < 4.78 is 131. The molecule has 2 aromatic carbocycles. The summed E-state index contributed by atoms with van der Waals surface area (Å²) in [5.41, 5.74) is -3.71. The van der Waals surface area contributed by atoms with Gasteiger partial charge >= 0.3 is 0 Å². The van der Waals surface area contributed by atoms with Crippen molar-refractivity contribution in [3.63, 3.8) is 0 Å². The summed E-state index contributed by atoms with van der Waals surface area (Å²) in [6.45, 7) is 0. The maximum atomic E-state index is 13.4. The molecular formula is C12BF10. The van der Waals surface area contributed by atoms with Crippen LogP contribution in [0.1, 0.15) is 0 Å². The molecule has 0 unspecified atom stereocenters. The minimum Gasteiger partial charge on any atom is -0.204 e. The Kier molecular flexibility index (Phi) is 4.31. The second kappa shape index (κ2) is 5.78. The number of benzene rings is 2. The van der Waals surface area contributed by atoms with Gasteiger partial charge in [0, 0.05) is 0 Å². The van der Waals surface area contributed by atoms with Crippen LogP contribution in [0, 0.1) is 58.2 Å². The first-order valence-electron chi connectivity index (χ1n) is 5.47. The van der Waals surface area contributed by atoms with Crippen molar-refractivity contribution in [3.8, 4) is 0 Å². The van der Waals surface area contributed by atoms with E-state index < -0.39 is 69.1 Å². The van der Waals surface area contributed by atoms with Gasteiger partial charge in [-0.05, 0) is 10.9 Å². The molecule has 0 saturated carbocycles. The fourth-order valence-corrected chi connectivity index (χ4v) is 1.64. The SMILES string of the molecule is Fc1c(F)c(F)c([B]c2c(F)c(F)c(F)c(F)c2F)c(F)c1F. The minimum absolute atomic E-state index is 0.369. The van der Waals surface area contributed by atoms with Crippen molar-refractivity contribution in [1.29, 1.82) is 0 Å². The summed E-state index contributed by atoms with van der Waals surface area (Å²) in [5, 5.41) is 0. The zero-order valence-electron chi connectivity index (χ0n) is 10.4. The zero-order valence-corrected chi connectivity index (χ0v) is 10.4. The fraction of sp³-hybridized carbons (Fsp3) is 0. The lowest BCUT2D eigenvalue weighted by Crippen LogP contribution is -2.39. The number of hydrogen-bond donors (Lipinski definition) is 0. The first kappa shape index (κ1) is 17.2. The molecule has 0 spiro atoms. The molecule has 0 amide bonds. The first-order chi connectivity index (χ1) is 10.6. The van der Waals surface area contributed by atoms with Crippen molar-refractivity contribution in [3.05, 3.63) is 58.2 Å². The Hall–Kier alpha value is -2.20. The number of rotatable bonds is 2. The second-order valence-electron chi connectivity index (χ2n) is 4.11. The van der Waals surface area contributed by atoms with Crippen molar-refractivity contribution in [1.82, 2.24) is 0 Å². The summed E-state index contributed by atoms with van der Waals surface area (Å²) in [4.78, 5) is 0. The van der Waals surface area contributed by atoms with Gasteiger partial charge in [0.05, 0.1) is 0 Å². The predicted molar refractivity (Wildman–Crippen MR) is 57.5 cm³/mol. The Morgan fingerprint density at radius 2 is 0.478 bits per heavy atom. The molecule has 0 bridgehead atoms. The molecule has 2 aromatic rings. The van der Waals surface area contributed by atoms with Gasteiger partial charge in [-0.15, -0.1) is 0 Å². The average molecular weight is 345 g/mol. The standard InChI is InChI=1S/C12BF10/c14-3-1(4(15)8(19)11(22)7(3)18)13-2-5(16)9(20)12(23)10(21)6(2)17. The summed E-state index contributed by atoms with van der Waals surface area (Å²) in [5.74, 6) is -24.9. The third kappa shape index (κ3) is 2.53. The summed E-state index contributed by atoms with van der Waals surface area (Å²) >= 11 is 0. The topological polar surface area (TPSA) is 0 Å². The Balaban J connectivity index is 2.71. The summed E-state index contributed by atoms with van der Waals surface area (Å²) in [6, 6.07) is 0. The van der Waals surface area contributed by atoms with Gasteiger partial charge in [-0.3, -0.25) is 0 Å². The van der Waals surface area contributed by atoms with E-state index in [1.165, 1.54) is 0 Å². The zero-order chi connectivity index (χ0) is 17.6. The Bertz CT molecular complexity index is 691. The molecule has 0 saturated heterocycles. The fourth-order valence-electron chi connectivity index (χ4n) is 1.64. The molecule has 0 aliphatic heterocycles. The summed E-state index contributed by atoms with van der Waals surface area (Å²) in [6.07, 6.45) is 0. The molecule has 0 aromatic heterocycles. The molecule has 11 heteroatoms. The Morgan fingerprint density at radius 3 is 0.696 bits per heavy atom. The van der Waals surface area contributed by atoms with Crippen molar-refractivity contribution >= 4 is 18.2 Å². The van der Waals surface area contributed by atoms with Gasteiger partial charge in [0.1, 0.15) is 0 Å². The van der Waals surface area contributed by atoms with Crippen molar-refractivity contribution in [2.45, 2.75) is 0 Å². The van der Waals surface area contributed by atoms with Crippen molar-refractivity contribution in [2.24, 2.45) is 0 Å². The van der Waals surface area contributed by atoms with Gasteiger partial charge in [-0.2, -0.15) is 0 Å². The van der Waals surface area contributed by atoms with Crippen LogP contribution in [-0.4, -0.2) is 7.28 Å². The van der Waals surface area contributed by atoms with Crippen LogP contribution in [-0.2, 0) is 0 Å².